The first kappa shape index (κ1) is 11.3. The number of rotatable bonds is 1. The van der Waals surface area contributed by atoms with Crippen LogP contribution in [0.15, 0.2) is 22.5 Å². The van der Waals surface area contributed by atoms with Crippen LogP contribution in [-0.4, -0.2) is 10.9 Å². The van der Waals surface area contributed by atoms with Crippen molar-refractivity contribution in [2.75, 3.05) is 0 Å². The molecule has 2 aliphatic carbocycles. The van der Waals surface area contributed by atoms with E-state index in [1.165, 1.54) is 11.6 Å². The van der Waals surface area contributed by atoms with E-state index in [2.05, 4.69) is 18.0 Å². The van der Waals surface area contributed by atoms with Crippen LogP contribution in [0.5, 0.6) is 0 Å². The molecule has 0 aliphatic heterocycles. The summed E-state index contributed by atoms with van der Waals surface area (Å²) in [5.41, 5.74) is 8.83. The van der Waals surface area contributed by atoms with E-state index < -0.39 is 5.91 Å². The molecule has 94 valence electrons. The van der Waals surface area contributed by atoms with Crippen molar-refractivity contribution in [2.45, 2.75) is 32.1 Å². The number of nitrogens with two attached hydrogens (primary N) is 1. The molecule has 3 rings (SSSR count). The fraction of sp³-hybridized carbons (Fsp3) is 0.429. The zero-order valence-electron chi connectivity index (χ0n) is 10.3. The van der Waals surface area contributed by atoms with Crippen molar-refractivity contribution in [3.05, 3.63) is 44.9 Å². The molecule has 18 heavy (non-hydrogen) atoms. The Balaban J connectivity index is 2.20. The minimum Gasteiger partial charge on any atom is -0.366 e. The summed E-state index contributed by atoms with van der Waals surface area (Å²) in [6.07, 6.45) is 5.10. The molecule has 1 amide bonds. The van der Waals surface area contributed by atoms with Crippen molar-refractivity contribution >= 4 is 5.91 Å². The van der Waals surface area contributed by atoms with Crippen molar-refractivity contribution in [2.24, 2.45) is 11.7 Å². The highest BCUT2D eigenvalue weighted by Crippen LogP contribution is 2.43. The molecule has 0 radical (unpaired) electrons. The van der Waals surface area contributed by atoms with Gasteiger partial charge >= 0.3 is 0 Å². The lowest BCUT2D eigenvalue weighted by Gasteiger charge is -2.35. The van der Waals surface area contributed by atoms with Gasteiger partial charge in [-0.1, -0.05) is 11.6 Å². The normalized spacial score (nSPS) is 25.3. The van der Waals surface area contributed by atoms with Crippen molar-refractivity contribution in [1.82, 2.24) is 4.98 Å². The summed E-state index contributed by atoms with van der Waals surface area (Å²) in [6, 6.07) is 1.34. The van der Waals surface area contributed by atoms with Crippen LogP contribution >= 0.6 is 0 Å². The molecule has 2 bridgehead atoms. The van der Waals surface area contributed by atoms with Gasteiger partial charge in [-0.25, -0.2) is 0 Å². The molecule has 4 nitrogen and oxygen atoms in total. The van der Waals surface area contributed by atoms with Crippen molar-refractivity contribution < 1.29 is 4.79 Å². The second-order valence-corrected chi connectivity index (χ2v) is 5.42. The van der Waals surface area contributed by atoms with Crippen LogP contribution in [0.4, 0.5) is 0 Å². The molecule has 1 aromatic heterocycles. The number of hydrogen-bond acceptors (Lipinski definition) is 2. The highest BCUT2D eigenvalue weighted by atomic mass is 16.1. The van der Waals surface area contributed by atoms with Crippen LogP contribution < -0.4 is 11.3 Å². The number of allylic oxidation sites excluding steroid dienone is 2. The lowest BCUT2D eigenvalue weighted by Crippen LogP contribution is -2.30. The number of amides is 1. The van der Waals surface area contributed by atoms with Crippen LogP contribution in [0.25, 0.3) is 0 Å². The van der Waals surface area contributed by atoms with Crippen molar-refractivity contribution in [3.8, 4) is 0 Å². The third-order valence-electron chi connectivity index (χ3n) is 3.98. The second kappa shape index (κ2) is 3.83. The third-order valence-corrected chi connectivity index (χ3v) is 3.98. The summed E-state index contributed by atoms with van der Waals surface area (Å²) < 4.78 is 0. The predicted octanol–water partition coefficient (Wildman–Crippen LogP) is 1.47. The quantitative estimate of drug-likeness (QED) is 0.734. The van der Waals surface area contributed by atoms with E-state index >= 15 is 0 Å². The second-order valence-electron chi connectivity index (χ2n) is 5.42. The van der Waals surface area contributed by atoms with E-state index in [4.69, 9.17) is 5.73 Å². The van der Waals surface area contributed by atoms with Crippen LogP contribution in [0.2, 0.25) is 0 Å². The molecule has 2 aliphatic rings. The fourth-order valence-corrected chi connectivity index (χ4v) is 3.45. The number of carbonyl (C=O) groups excluding carboxylic acids is 1. The summed E-state index contributed by atoms with van der Waals surface area (Å²) >= 11 is 0. The molecular formula is C14H16N2O2. The molecule has 4 heteroatoms. The Hall–Kier alpha value is -1.84. The fourth-order valence-electron chi connectivity index (χ4n) is 3.45. The van der Waals surface area contributed by atoms with Gasteiger partial charge in [0.15, 0.2) is 0 Å². The lowest BCUT2D eigenvalue weighted by atomic mass is 9.70. The summed E-state index contributed by atoms with van der Waals surface area (Å²) in [5, 5.41) is 0. The number of nitrogens with one attached hydrogen (secondary N) is 1. The number of pyridine rings is 1. The van der Waals surface area contributed by atoms with Gasteiger partial charge in [0.2, 0.25) is 11.5 Å². The van der Waals surface area contributed by atoms with Crippen molar-refractivity contribution in [1.29, 1.82) is 0 Å². The van der Waals surface area contributed by atoms with E-state index in [0.717, 1.165) is 30.5 Å². The molecule has 3 N–H and O–H groups in total. The number of aromatic nitrogens is 1. The monoisotopic (exact) mass is 244 g/mol. The summed E-state index contributed by atoms with van der Waals surface area (Å²) in [5.74, 6) is 0.307. The van der Waals surface area contributed by atoms with E-state index in [1.54, 1.807) is 0 Å². The molecule has 2 atom stereocenters. The van der Waals surface area contributed by atoms with Gasteiger partial charge in [0.1, 0.15) is 0 Å². The Morgan fingerprint density at radius 3 is 2.94 bits per heavy atom. The van der Waals surface area contributed by atoms with E-state index in [9.17, 15) is 9.59 Å². The number of carbonyl (C=O) groups is 1. The number of fused-ring (bicyclic) bond motifs is 4. The average Bonchev–Trinajstić information content (AvgIpc) is 2.26. The van der Waals surface area contributed by atoms with Gasteiger partial charge in [-0.05, 0) is 43.6 Å². The maximum absolute atomic E-state index is 11.6. The average molecular weight is 244 g/mol. The van der Waals surface area contributed by atoms with Gasteiger partial charge in [-0.3, -0.25) is 9.59 Å². The Labute approximate surface area is 105 Å². The first-order valence-corrected chi connectivity index (χ1v) is 6.28. The van der Waals surface area contributed by atoms with Crippen molar-refractivity contribution in [3.63, 3.8) is 0 Å². The maximum Gasteiger partial charge on any atom is 0.249 e. The molecule has 0 fully saturated rings. The maximum atomic E-state index is 11.6. The SMILES string of the molecule is CC1=C[C@H]2Cc3[nH]c(=O)cc(C(N)=O)c3[C@@H](C1)C2. The zero-order valence-corrected chi connectivity index (χ0v) is 10.3. The Morgan fingerprint density at radius 2 is 2.22 bits per heavy atom. The number of primary amides is 1. The molecule has 0 unspecified atom stereocenters. The smallest absolute Gasteiger partial charge is 0.249 e. The highest BCUT2D eigenvalue weighted by Gasteiger charge is 2.33. The summed E-state index contributed by atoms with van der Waals surface area (Å²) in [4.78, 5) is 26.0. The molecular weight excluding hydrogens is 228 g/mol. The van der Waals surface area contributed by atoms with E-state index in [0.29, 0.717) is 17.4 Å². The van der Waals surface area contributed by atoms with Crippen LogP contribution in [-0.2, 0) is 6.42 Å². The molecule has 0 spiro atoms. The number of aromatic amines is 1. The van der Waals surface area contributed by atoms with E-state index in [-0.39, 0.29) is 5.56 Å². The Bertz CT molecular complexity index is 613. The topological polar surface area (TPSA) is 75.9 Å². The molecule has 0 saturated carbocycles. The lowest BCUT2D eigenvalue weighted by molar-refractivity contribution is 0.0998. The van der Waals surface area contributed by atoms with Gasteiger partial charge in [0, 0.05) is 17.3 Å². The van der Waals surface area contributed by atoms with Gasteiger partial charge in [-0.15, -0.1) is 0 Å². The highest BCUT2D eigenvalue weighted by molar-refractivity contribution is 5.94. The molecule has 1 heterocycles. The largest absolute Gasteiger partial charge is 0.366 e. The van der Waals surface area contributed by atoms with E-state index in [1.807, 2.05) is 0 Å². The first-order chi connectivity index (χ1) is 8.54. The minimum absolute atomic E-state index is 0.233. The van der Waals surface area contributed by atoms with Gasteiger partial charge in [0.25, 0.3) is 0 Å². The number of hydrogen-bond donors (Lipinski definition) is 2. The predicted molar refractivity (Wildman–Crippen MR) is 68.5 cm³/mol. The Kier molecular flexibility index (Phi) is 2.40. The van der Waals surface area contributed by atoms with Gasteiger partial charge in [-0.2, -0.15) is 0 Å². The first-order valence-electron chi connectivity index (χ1n) is 6.28. The molecule has 0 saturated heterocycles. The minimum atomic E-state index is -0.497. The summed E-state index contributed by atoms with van der Waals surface area (Å²) in [6.45, 7) is 2.12. The standard InChI is InChI=1S/C14H16N2O2/c1-7-2-8-4-9(3-7)13-10(14(15)18)6-12(17)16-11(13)5-8/h2,6,8-9H,3-5H2,1H3,(H2,15,18)(H,16,17)/t8-,9+/m1/s1. The van der Waals surface area contributed by atoms with Crippen LogP contribution in [0.3, 0.4) is 0 Å². The molecule has 0 aromatic carbocycles. The Morgan fingerprint density at radius 1 is 1.44 bits per heavy atom. The van der Waals surface area contributed by atoms with Gasteiger partial charge in [0.05, 0.1) is 0 Å². The van der Waals surface area contributed by atoms with Crippen LogP contribution in [0.1, 0.15) is 47.3 Å². The third kappa shape index (κ3) is 1.68. The summed E-state index contributed by atoms with van der Waals surface area (Å²) in [7, 11) is 0. The zero-order chi connectivity index (χ0) is 12.9. The van der Waals surface area contributed by atoms with Crippen LogP contribution in [0, 0.1) is 5.92 Å². The molecule has 1 aromatic rings. The number of H-pyrrole nitrogens is 1. The van der Waals surface area contributed by atoms with Gasteiger partial charge < -0.3 is 10.7 Å².